The van der Waals surface area contributed by atoms with Gasteiger partial charge in [0.2, 0.25) is 0 Å². The summed E-state index contributed by atoms with van der Waals surface area (Å²) in [5.74, 6) is 3.35. The molecule has 262 valence electrons. The topological polar surface area (TPSA) is 142 Å². The highest BCUT2D eigenvalue weighted by molar-refractivity contribution is 7.46. The maximum absolute atomic E-state index is 12.9. The average molecular weight is 674 g/mol. The minimum absolute atomic E-state index is 0.0186. The van der Waals surface area contributed by atoms with E-state index in [9.17, 15) is 19.3 Å². The number of carbonyl (C=O) groups is 2. The summed E-state index contributed by atoms with van der Waals surface area (Å²) in [7, 11) is -4.69. The molecule has 0 saturated heterocycles. The highest BCUT2D eigenvalue weighted by Crippen LogP contribution is 2.67. The van der Waals surface area contributed by atoms with Crippen molar-refractivity contribution in [3.05, 3.63) is 41.5 Å². The zero-order chi connectivity index (χ0) is 34.1. The molecule has 1 amide bonds. The van der Waals surface area contributed by atoms with E-state index < -0.39 is 25.9 Å². The van der Waals surface area contributed by atoms with Crippen molar-refractivity contribution in [3.63, 3.8) is 0 Å². The molecule has 3 fully saturated rings. The van der Waals surface area contributed by atoms with Gasteiger partial charge in [-0.25, -0.2) is 14.2 Å². The zero-order valence-corrected chi connectivity index (χ0v) is 29.7. The number of benzene rings is 1. The van der Waals surface area contributed by atoms with Crippen molar-refractivity contribution in [1.82, 2.24) is 5.32 Å². The molecule has 3 saturated carbocycles. The Morgan fingerprint density at radius 2 is 1.72 bits per heavy atom. The molecule has 0 aliphatic heterocycles. The van der Waals surface area contributed by atoms with Gasteiger partial charge in [0.05, 0.1) is 0 Å². The number of phosphoric acid groups is 1. The molecule has 0 bridgehead atoms. The minimum Gasteiger partial charge on any atom is -0.480 e. The van der Waals surface area contributed by atoms with Gasteiger partial charge in [-0.05, 0) is 109 Å². The molecule has 0 aromatic heterocycles. The molecule has 9 nitrogen and oxygen atoms in total. The predicted octanol–water partition coefficient (Wildman–Crippen LogP) is 8.29. The van der Waals surface area contributed by atoms with Gasteiger partial charge < -0.3 is 19.7 Å². The van der Waals surface area contributed by atoms with Crippen LogP contribution in [0.25, 0.3) is 0 Å². The second-order valence-electron chi connectivity index (χ2n) is 16.0. The van der Waals surface area contributed by atoms with Crippen molar-refractivity contribution in [3.8, 4) is 5.75 Å². The van der Waals surface area contributed by atoms with Crippen LogP contribution in [-0.2, 0) is 20.5 Å². The second kappa shape index (κ2) is 14.2. The summed E-state index contributed by atoms with van der Waals surface area (Å²) in [5.41, 5.74) is 2.54. The predicted molar refractivity (Wildman–Crippen MR) is 181 cm³/mol. The number of carbonyl (C=O) groups excluding carboxylic acids is 1. The van der Waals surface area contributed by atoms with Crippen LogP contribution in [0.5, 0.6) is 5.75 Å². The summed E-state index contributed by atoms with van der Waals surface area (Å²) >= 11 is 0. The second-order valence-corrected chi connectivity index (χ2v) is 17.2. The first kappa shape index (κ1) is 35.9. The van der Waals surface area contributed by atoms with Crippen molar-refractivity contribution >= 4 is 19.9 Å². The normalized spacial score (nSPS) is 33.1. The summed E-state index contributed by atoms with van der Waals surface area (Å²) in [5, 5.41) is 12.3. The Morgan fingerprint density at radius 1 is 1.00 bits per heavy atom. The van der Waals surface area contributed by atoms with E-state index in [1.165, 1.54) is 74.8 Å². The standard InChI is InChI=1S/C37H56NO8P/c1-23(2)7-6-8-24(3)30-15-16-31-29-14-11-26-22-28(17-19-36(26,4)32(29)18-20-37(30,31)5)45-35(41)38-33(34(39)40)21-25-9-12-27(13-10-25)46-47(42,43)44/h9-13,23-24,28-33H,6-8,14-22H2,1-5H3,(H,38,41)(H,39,40)(H2,42,43,44)/t24-,28+,29?,30?,31+,32+,33?,36?,37?/m1/s1. The summed E-state index contributed by atoms with van der Waals surface area (Å²) in [6.07, 6.45) is 14.3. The molecule has 0 heterocycles. The fourth-order valence-electron chi connectivity index (χ4n) is 10.3. The Hall–Kier alpha value is -2.35. The zero-order valence-electron chi connectivity index (χ0n) is 28.8. The summed E-state index contributed by atoms with van der Waals surface area (Å²) in [6.45, 7) is 12.3. The van der Waals surface area contributed by atoms with Gasteiger partial charge in [-0.15, -0.1) is 0 Å². The number of nitrogens with one attached hydrogen (secondary N) is 1. The molecule has 4 aliphatic rings. The summed E-state index contributed by atoms with van der Waals surface area (Å²) < 4.78 is 21.4. The molecular weight excluding hydrogens is 617 g/mol. The van der Waals surface area contributed by atoms with Gasteiger partial charge in [-0.2, -0.15) is 0 Å². The molecular formula is C37H56NO8P. The number of rotatable bonds is 12. The van der Waals surface area contributed by atoms with E-state index in [1.54, 1.807) is 0 Å². The van der Waals surface area contributed by atoms with E-state index in [4.69, 9.17) is 14.5 Å². The third-order valence-corrected chi connectivity index (χ3v) is 13.2. The van der Waals surface area contributed by atoms with Crippen molar-refractivity contribution < 1.29 is 38.3 Å². The lowest BCUT2D eigenvalue weighted by Gasteiger charge is -2.58. The molecule has 4 aliphatic carbocycles. The van der Waals surface area contributed by atoms with Crippen LogP contribution in [0, 0.1) is 46.3 Å². The monoisotopic (exact) mass is 673 g/mol. The molecule has 0 spiro atoms. The van der Waals surface area contributed by atoms with Crippen LogP contribution in [0.1, 0.15) is 111 Å². The minimum atomic E-state index is -4.69. The first-order chi connectivity index (χ1) is 22.1. The first-order valence-electron chi connectivity index (χ1n) is 17.8. The third-order valence-electron chi connectivity index (χ3n) is 12.7. The SMILES string of the molecule is CC(C)CCC[C@@H](C)C1CC[C@H]2C3CC=C4C[C@@H](OC(=O)NC(Cc5ccc(OP(=O)(O)O)cc5)C(=O)O)CCC4(C)[C@H]3CCC12C. The van der Waals surface area contributed by atoms with Crippen LogP contribution in [0.15, 0.2) is 35.9 Å². The van der Waals surface area contributed by atoms with Gasteiger partial charge in [0.25, 0.3) is 0 Å². The summed E-state index contributed by atoms with van der Waals surface area (Å²) in [4.78, 5) is 42.8. The number of amides is 1. The Balaban J connectivity index is 1.17. The van der Waals surface area contributed by atoms with Crippen LogP contribution in [0.2, 0.25) is 0 Å². The lowest BCUT2D eigenvalue weighted by Crippen LogP contribution is -2.51. The van der Waals surface area contributed by atoms with E-state index in [0.717, 1.165) is 48.9 Å². The average Bonchev–Trinajstić information content (AvgIpc) is 3.34. The third kappa shape index (κ3) is 8.11. The highest BCUT2D eigenvalue weighted by atomic mass is 31.2. The molecule has 4 N–H and O–H groups in total. The van der Waals surface area contributed by atoms with Crippen molar-refractivity contribution in [2.75, 3.05) is 0 Å². The summed E-state index contributed by atoms with van der Waals surface area (Å²) in [6, 6.07) is 4.49. The maximum Gasteiger partial charge on any atom is 0.524 e. The fraction of sp³-hybridized carbons (Fsp3) is 0.730. The largest absolute Gasteiger partial charge is 0.524 e. The quantitative estimate of drug-likeness (QED) is 0.128. The lowest BCUT2D eigenvalue weighted by molar-refractivity contribution is -0.139. The van der Waals surface area contributed by atoms with E-state index in [2.05, 4.69) is 50.5 Å². The number of ether oxygens (including phenoxy) is 1. The number of carboxylic acid groups (broad SMARTS) is 1. The number of alkyl carbamates (subject to hydrolysis) is 1. The van der Waals surface area contributed by atoms with Gasteiger partial charge in [0.1, 0.15) is 17.9 Å². The number of aliphatic carboxylic acids is 1. The number of phosphoric ester groups is 1. The number of hydrogen-bond acceptors (Lipinski definition) is 5. The van der Waals surface area contributed by atoms with Gasteiger partial charge in [0, 0.05) is 12.8 Å². The van der Waals surface area contributed by atoms with Crippen molar-refractivity contribution in [2.45, 2.75) is 124 Å². The van der Waals surface area contributed by atoms with Gasteiger partial charge in [0.15, 0.2) is 0 Å². The van der Waals surface area contributed by atoms with E-state index in [0.29, 0.717) is 23.3 Å². The van der Waals surface area contributed by atoms with E-state index in [-0.39, 0.29) is 23.7 Å². The van der Waals surface area contributed by atoms with Crippen LogP contribution in [0.4, 0.5) is 4.79 Å². The lowest BCUT2D eigenvalue weighted by atomic mass is 9.47. The van der Waals surface area contributed by atoms with E-state index in [1.807, 2.05) is 0 Å². The Labute approximate surface area is 280 Å². The fourth-order valence-corrected chi connectivity index (χ4v) is 10.7. The molecule has 1 aromatic rings. The van der Waals surface area contributed by atoms with Gasteiger partial charge in [-0.3, -0.25) is 9.79 Å². The molecule has 47 heavy (non-hydrogen) atoms. The number of allylic oxidation sites excluding steroid dienone is 1. The van der Waals surface area contributed by atoms with Gasteiger partial charge >= 0.3 is 19.9 Å². The smallest absolute Gasteiger partial charge is 0.480 e. The van der Waals surface area contributed by atoms with Gasteiger partial charge in [-0.1, -0.05) is 77.7 Å². The highest BCUT2D eigenvalue weighted by Gasteiger charge is 2.59. The molecule has 10 heteroatoms. The van der Waals surface area contributed by atoms with Crippen molar-refractivity contribution in [1.29, 1.82) is 0 Å². The Bertz CT molecular complexity index is 1360. The maximum atomic E-state index is 12.9. The van der Waals surface area contributed by atoms with Crippen LogP contribution in [0.3, 0.4) is 0 Å². The Kier molecular flexibility index (Phi) is 10.9. The Morgan fingerprint density at radius 3 is 2.38 bits per heavy atom. The number of hydrogen-bond donors (Lipinski definition) is 4. The van der Waals surface area contributed by atoms with Crippen LogP contribution >= 0.6 is 7.82 Å². The molecule has 5 unspecified atom stereocenters. The van der Waals surface area contributed by atoms with Crippen LogP contribution < -0.4 is 9.84 Å². The van der Waals surface area contributed by atoms with Crippen molar-refractivity contribution in [2.24, 2.45) is 46.3 Å². The molecule has 9 atom stereocenters. The van der Waals surface area contributed by atoms with E-state index >= 15 is 0 Å². The molecule has 0 radical (unpaired) electrons. The van der Waals surface area contributed by atoms with Crippen LogP contribution in [-0.4, -0.2) is 39.1 Å². The number of fused-ring (bicyclic) bond motifs is 5. The molecule has 5 rings (SSSR count). The number of carboxylic acids is 1. The first-order valence-corrected chi connectivity index (χ1v) is 19.4. The molecule has 1 aromatic carbocycles.